The highest BCUT2D eigenvalue weighted by Crippen LogP contribution is 2.48. The number of ether oxygens (including phenoxy) is 2. The average Bonchev–Trinajstić information content (AvgIpc) is 3.37. The molecule has 2 N–H and O–H groups in total. The third kappa shape index (κ3) is 4.45. The summed E-state index contributed by atoms with van der Waals surface area (Å²) in [4.78, 5) is 15.0. The van der Waals surface area contributed by atoms with Crippen LogP contribution in [0.5, 0.6) is 6.01 Å². The molecule has 212 valence electrons. The molecule has 4 aromatic rings. The van der Waals surface area contributed by atoms with Gasteiger partial charge in [0.2, 0.25) is 0 Å². The third-order valence-electron chi connectivity index (χ3n) is 8.33. The summed E-state index contributed by atoms with van der Waals surface area (Å²) in [6, 6.07) is 1.99. The lowest BCUT2D eigenvalue weighted by Gasteiger charge is -2.34. The largest absolute Gasteiger partial charge is 0.463 e. The van der Waals surface area contributed by atoms with Crippen LogP contribution in [0.3, 0.4) is 0 Å². The van der Waals surface area contributed by atoms with Gasteiger partial charge in [0.1, 0.15) is 16.6 Å². The number of pyridine rings is 1. The molecule has 7 rings (SSSR count). The second kappa shape index (κ2) is 9.47. The zero-order valence-electron chi connectivity index (χ0n) is 21.8. The van der Waals surface area contributed by atoms with Crippen molar-refractivity contribution in [2.45, 2.75) is 44.8 Å². The summed E-state index contributed by atoms with van der Waals surface area (Å²) in [6.07, 6.45) is 4.00. The van der Waals surface area contributed by atoms with Gasteiger partial charge in [-0.15, -0.1) is 11.3 Å². The number of piperidine rings is 1. The number of nitriles is 1. The van der Waals surface area contributed by atoms with Crippen LogP contribution >= 0.6 is 11.3 Å². The van der Waals surface area contributed by atoms with Crippen molar-refractivity contribution >= 4 is 37.3 Å². The van der Waals surface area contributed by atoms with Crippen molar-refractivity contribution in [1.29, 1.82) is 5.26 Å². The maximum absolute atomic E-state index is 16.4. The molecule has 5 heterocycles. The van der Waals surface area contributed by atoms with Crippen LogP contribution < -0.4 is 10.5 Å². The predicted octanol–water partition coefficient (Wildman–Crippen LogP) is 5.56. The fourth-order valence-corrected chi connectivity index (χ4v) is 6.78. The van der Waals surface area contributed by atoms with Crippen molar-refractivity contribution in [3.63, 3.8) is 0 Å². The second-order valence-corrected chi connectivity index (χ2v) is 12.1. The predicted molar refractivity (Wildman–Crippen MR) is 143 cm³/mol. The first-order valence-corrected chi connectivity index (χ1v) is 14.1. The summed E-state index contributed by atoms with van der Waals surface area (Å²) in [5.41, 5.74) is 7.25. The molecule has 0 spiro atoms. The maximum atomic E-state index is 16.4. The van der Waals surface area contributed by atoms with Crippen LogP contribution in [0.15, 0.2) is 12.4 Å². The molecule has 0 radical (unpaired) electrons. The Hall–Kier alpha value is -3.60. The van der Waals surface area contributed by atoms with Gasteiger partial charge in [-0.2, -0.15) is 10.2 Å². The minimum atomic E-state index is -2.60. The second-order valence-electron chi connectivity index (χ2n) is 11.1. The van der Waals surface area contributed by atoms with Gasteiger partial charge in [-0.3, -0.25) is 4.98 Å². The van der Waals surface area contributed by atoms with Crippen LogP contribution in [-0.4, -0.2) is 52.0 Å². The van der Waals surface area contributed by atoms with Crippen molar-refractivity contribution in [1.82, 2.24) is 19.9 Å². The molecule has 13 heteroatoms. The Bertz CT molecular complexity index is 1760. The van der Waals surface area contributed by atoms with Crippen molar-refractivity contribution in [3.05, 3.63) is 40.7 Å². The zero-order valence-corrected chi connectivity index (χ0v) is 22.6. The van der Waals surface area contributed by atoms with Gasteiger partial charge in [-0.25, -0.2) is 22.5 Å². The standard InChI is InChI=1S/C28H24F4N6O2S/c29-18-9-35-23(20-14(7-33)25(34)41-24(18)20)19-17-11-39-10-16(17)15-8-36-26(37-22(15)21(19)30)40-13-27(1-2-27)12-38-5-3-28(31,32)4-6-38/h8-9H,1-6,10-13,34H2. The Morgan fingerprint density at radius 3 is 2.59 bits per heavy atom. The Labute approximate surface area is 235 Å². The minimum Gasteiger partial charge on any atom is -0.463 e. The molecule has 0 bridgehead atoms. The van der Waals surface area contributed by atoms with Crippen LogP contribution in [0.25, 0.3) is 32.2 Å². The number of aromatic nitrogens is 3. The van der Waals surface area contributed by atoms with Crippen molar-refractivity contribution < 1.29 is 27.0 Å². The monoisotopic (exact) mass is 584 g/mol. The van der Waals surface area contributed by atoms with Crippen molar-refractivity contribution in [3.8, 4) is 23.3 Å². The quantitative estimate of drug-likeness (QED) is 0.294. The Balaban J connectivity index is 1.24. The van der Waals surface area contributed by atoms with E-state index in [1.54, 1.807) is 0 Å². The van der Waals surface area contributed by atoms with Crippen LogP contribution in [-0.2, 0) is 18.0 Å². The first kappa shape index (κ1) is 26.3. The first-order valence-electron chi connectivity index (χ1n) is 13.3. The van der Waals surface area contributed by atoms with Gasteiger partial charge < -0.3 is 20.1 Å². The highest BCUT2D eigenvalue weighted by molar-refractivity contribution is 7.23. The van der Waals surface area contributed by atoms with Gasteiger partial charge in [0, 0.05) is 60.4 Å². The summed E-state index contributed by atoms with van der Waals surface area (Å²) in [5.74, 6) is -3.96. The number of fused-ring (bicyclic) bond motifs is 4. The summed E-state index contributed by atoms with van der Waals surface area (Å²) >= 11 is 0.911. The van der Waals surface area contributed by atoms with Crippen LogP contribution in [0.2, 0.25) is 0 Å². The molecule has 1 aliphatic carbocycles. The van der Waals surface area contributed by atoms with E-state index in [0.717, 1.165) is 30.4 Å². The van der Waals surface area contributed by atoms with Gasteiger partial charge in [-0.05, 0) is 24.0 Å². The number of nitrogens with zero attached hydrogens (tertiary/aromatic N) is 5. The number of benzene rings is 1. The molecule has 2 fully saturated rings. The highest BCUT2D eigenvalue weighted by Gasteiger charge is 2.46. The van der Waals surface area contributed by atoms with E-state index < -0.39 is 17.6 Å². The molecule has 3 aromatic heterocycles. The number of hydrogen-bond donors (Lipinski definition) is 1. The molecule has 8 nitrogen and oxygen atoms in total. The lowest BCUT2D eigenvalue weighted by atomic mass is 9.94. The molecule has 41 heavy (non-hydrogen) atoms. The smallest absolute Gasteiger partial charge is 0.317 e. The van der Waals surface area contributed by atoms with Crippen molar-refractivity contribution in [2.75, 3.05) is 32.0 Å². The molecule has 1 saturated carbocycles. The van der Waals surface area contributed by atoms with Crippen LogP contribution in [0, 0.1) is 28.4 Å². The molecule has 0 atom stereocenters. The lowest BCUT2D eigenvalue weighted by Crippen LogP contribution is -2.43. The third-order valence-corrected chi connectivity index (χ3v) is 9.36. The Kier molecular flexibility index (Phi) is 6.08. The fraction of sp³-hybridized carbons (Fsp3) is 0.429. The molecule has 1 saturated heterocycles. The number of halogens is 4. The summed E-state index contributed by atoms with van der Waals surface area (Å²) in [7, 11) is 0. The molecular weight excluding hydrogens is 560 g/mol. The van der Waals surface area contributed by atoms with Gasteiger partial charge in [-0.1, -0.05) is 0 Å². The number of nitrogen functional groups attached to an aromatic ring is 1. The minimum absolute atomic E-state index is 0.00153. The molecule has 3 aliphatic rings. The van der Waals surface area contributed by atoms with Crippen LogP contribution in [0.4, 0.5) is 22.6 Å². The van der Waals surface area contributed by atoms with Gasteiger partial charge >= 0.3 is 6.01 Å². The molecule has 0 amide bonds. The van der Waals surface area contributed by atoms with E-state index in [1.807, 2.05) is 11.0 Å². The van der Waals surface area contributed by atoms with E-state index in [4.69, 9.17) is 15.2 Å². The topological polar surface area (TPSA) is 110 Å². The fourth-order valence-electron chi connectivity index (χ4n) is 5.86. The number of rotatable bonds is 6. The number of nitrogens with two attached hydrogens (primary N) is 1. The summed E-state index contributed by atoms with van der Waals surface area (Å²) in [5, 5.41) is 10.5. The Morgan fingerprint density at radius 1 is 1.10 bits per heavy atom. The number of thiophene rings is 1. The SMILES string of the molecule is N#Cc1c(N)sc2c(F)cnc(-c3c4c(c5cnc(OCC6(CN7CCC(F)(F)CC7)CC6)nc5c3F)COC4)c12. The summed E-state index contributed by atoms with van der Waals surface area (Å²) in [6.45, 7) is 1.92. The number of hydrogen-bond acceptors (Lipinski definition) is 9. The average molecular weight is 585 g/mol. The number of likely N-dealkylation sites (tertiary alicyclic amines) is 1. The van der Waals surface area contributed by atoms with E-state index in [0.29, 0.717) is 36.1 Å². The zero-order chi connectivity index (χ0) is 28.5. The molecular formula is C28H24F4N6O2S. The lowest BCUT2D eigenvalue weighted by molar-refractivity contribution is -0.0591. The van der Waals surface area contributed by atoms with Gasteiger partial charge in [0.05, 0.1) is 42.0 Å². The first-order chi connectivity index (χ1) is 19.7. The molecule has 0 unspecified atom stereocenters. The van der Waals surface area contributed by atoms with E-state index in [2.05, 4.69) is 15.0 Å². The number of alkyl halides is 2. The van der Waals surface area contributed by atoms with Crippen molar-refractivity contribution in [2.24, 2.45) is 5.41 Å². The Morgan fingerprint density at radius 2 is 1.85 bits per heavy atom. The molecule has 1 aromatic carbocycles. The highest BCUT2D eigenvalue weighted by atomic mass is 32.1. The molecule has 2 aliphatic heterocycles. The van der Waals surface area contributed by atoms with E-state index in [1.165, 1.54) is 6.20 Å². The van der Waals surface area contributed by atoms with Crippen LogP contribution in [0.1, 0.15) is 42.4 Å². The van der Waals surface area contributed by atoms with Gasteiger partial charge in [0.25, 0.3) is 5.92 Å². The van der Waals surface area contributed by atoms with E-state index in [9.17, 15) is 18.4 Å². The van der Waals surface area contributed by atoms with E-state index in [-0.39, 0.29) is 81.5 Å². The normalized spacial score (nSPS) is 19.4. The number of anilines is 1. The van der Waals surface area contributed by atoms with Gasteiger partial charge in [0.15, 0.2) is 11.6 Å². The maximum Gasteiger partial charge on any atom is 0.317 e. The summed E-state index contributed by atoms with van der Waals surface area (Å²) < 4.78 is 69.9. The van der Waals surface area contributed by atoms with E-state index >= 15 is 4.39 Å².